The second kappa shape index (κ2) is 9.45. The summed E-state index contributed by atoms with van der Waals surface area (Å²) in [6.45, 7) is 2.24. The van der Waals surface area contributed by atoms with Gasteiger partial charge in [-0.25, -0.2) is 4.79 Å². The van der Waals surface area contributed by atoms with Crippen LogP contribution in [0, 0.1) is 0 Å². The summed E-state index contributed by atoms with van der Waals surface area (Å²) in [6, 6.07) is 17.0. The van der Waals surface area contributed by atoms with Crippen molar-refractivity contribution in [3.8, 4) is 5.75 Å². The first-order valence-corrected chi connectivity index (χ1v) is 9.25. The number of rotatable bonds is 7. The van der Waals surface area contributed by atoms with Crippen molar-refractivity contribution >= 4 is 17.6 Å². The molecule has 1 atom stereocenters. The van der Waals surface area contributed by atoms with Crippen LogP contribution in [0.25, 0.3) is 0 Å². The van der Waals surface area contributed by atoms with Crippen molar-refractivity contribution in [2.24, 2.45) is 0 Å². The molecular weight excluding hydrogens is 370 g/mol. The zero-order valence-electron chi connectivity index (χ0n) is 16.0. The summed E-state index contributed by atoms with van der Waals surface area (Å²) in [5, 5.41) is 17.8. The fourth-order valence-electron chi connectivity index (χ4n) is 2.85. The van der Waals surface area contributed by atoms with Crippen LogP contribution in [0.5, 0.6) is 5.75 Å². The Morgan fingerprint density at radius 3 is 2.55 bits per heavy atom. The highest BCUT2D eigenvalue weighted by Crippen LogP contribution is 2.13. The fraction of sp³-hybridized carbons (Fsp3) is 0.182. The molecule has 1 aromatic heterocycles. The molecule has 0 aliphatic heterocycles. The molecule has 0 saturated carbocycles. The van der Waals surface area contributed by atoms with Crippen LogP contribution in [0.15, 0.2) is 71.3 Å². The van der Waals surface area contributed by atoms with Gasteiger partial charge in [0.1, 0.15) is 5.75 Å². The van der Waals surface area contributed by atoms with Crippen molar-refractivity contribution in [3.05, 3.63) is 83.8 Å². The average molecular weight is 393 g/mol. The van der Waals surface area contributed by atoms with Crippen LogP contribution in [-0.2, 0) is 13.0 Å². The minimum absolute atomic E-state index is 0.0709. The molecule has 0 saturated heterocycles. The largest absolute Gasteiger partial charge is 0.508 e. The number of phenols is 1. The Morgan fingerprint density at radius 2 is 1.83 bits per heavy atom. The lowest BCUT2D eigenvalue weighted by Gasteiger charge is -2.15. The molecule has 0 aliphatic rings. The van der Waals surface area contributed by atoms with Gasteiger partial charge in [0, 0.05) is 18.3 Å². The maximum absolute atomic E-state index is 12.1. The molecule has 0 radical (unpaired) electrons. The molecule has 7 nitrogen and oxygen atoms in total. The summed E-state index contributed by atoms with van der Waals surface area (Å²) in [5.74, 6) is 0.117. The molecule has 1 unspecified atom stereocenters. The third kappa shape index (κ3) is 6.14. The predicted molar refractivity (Wildman–Crippen MR) is 110 cm³/mol. The number of benzene rings is 2. The van der Waals surface area contributed by atoms with Crippen molar-refractivity contribution in [2.75, 3.05) is 5.32 Å². The summed E-state index contributed by atoms with van der Waals surface area (Å²) in [5.41, 5.74) is 2.49. The van der Waals surface area contributed by atoms with Crippen LogP contribution in [0.2, 0.25) is 0 Å². The molecule has 0 spiro atoms. The Balaban J connectivity index is 1.47. The van der Waals surface area contributed by atoms with E-state index in [9.17, 15) is 14.7 Å². The van der Waals surface area contributed by atoms with Gasteiger partial charge in [-0.05, 0) is 60.9 Å². The number of hydrogen-bond donors (Lipinski definition) is 4. The van der Waals surface area contributed by atoms with Gasteiger partial charge in [0.2, 0.25) is 0 Å². The first-order valence-electron chi connectivity index (χ1n) is 9.25. The molecule has 4 N–H and O–H groups in total. The van der Waals surface area contributed by atoms with Crippen LogP contribution in [0.3, 0.4) is 0 Å². The first-order chi connectivity index (χ1) is 14.0. The molecule has 150 valence electrons. The second-order valence-electron chi connectivity index (χ2n) is 6.73. The highest BCUT2D eigenvalue weighted by atomic mass is 16.3. The maximum atomic E-state index is 12.1. The topological polar surface area (TPSA) is 104 Å². The SMILES string of the molecule is CC(Cc1ccc(O)cc1)NC(=O)NCc1cccc(NC(=O)c2ccco2)c1. The van der Waals surface area contributed by atoms with E-state index in [1.807, 2.05) is 25.1 Å². The van der Waals surface area contributed by atoms with Gasteiger partial charge < -0.3 is 25.5 Å². The molecule has 3 rings (SSSR count). The minimum Gasteiger partial charge on any atom is -0.508 e. The van der Waals surface area contributed by atoms with E-state index in [2.05, 4.69) is 16.0 Å². The zero-order valence-corrected chi connectivity index (χ0v) is 16.0. The molecule has 2 aromatic carbocycles. The molecule has 3 aromatic rings. The van der Waals surface area contributed by atoms with Crippen LogP contribution in [-0.4, -0.2) is 23.1 Å². The Hall–Kier alpha value is -3.74. The summed E-state index contributed by atoms with van der Waals surface area (Å²) >= 11 is 0. The molecular formula is C22H23N3O4. The zero-order chi connectivity index (χ0) is 20.6. The molecule has 7 heteroatoms. The van der Waals surface area contributed by atoms with Crippen LogP contribution in [0.4, 0.5) is 10.5 Å². The van der Waals surface area contributed by atoms with Gasteiger partial charge >= 0.3 is 6.03 Å². The molecule has 1 heterocycles. The van der Waals surface area contributed by atoms with E-state index in [1.54, 1.807) is 42.5 Å². The Bertz CT molecular complexity index is 952. The summed E-state index contributed by atoms with van der Waals surface area (Å²) in [7, 11) is 0. The molecule has 3 amide bonds. The van der Waals surface area contributed by atoms with E-state index in [0.29, 0.717) is 18.7 Å². The number of hydrogen-bond acceptors (Lipinski definition) is 4. The number of furan rings is 1. The maximum Gasteiger partial charge on any atom is 0.315 e. The van der Waals surface area contributed by atoms with Crippen molar-refractivity contribution in [2.45, 2.75) is 25.9 Å². The number of carbonyl (C=O) groups excluding carboxylic acids is 2. The molecule has 0 bridgehead atoms. The van der Waals surface area contributed by atoms with Gasteiger partial charge in [0.15, 0.2) is 5.76 Å². The fourth-order valence-corrected chi connectivity index (χ4v) is 2.85. The lowest BCUT2D eigenvalue weighted by Crippen LogP contribution is -2.41. The highest BCUT2D eigenvalue weighted by molar-refractivity contribution is 6.02. The average Bonchev–Trinajstić information content (AvgIpc) is 3.23. The minimum atomic E-state index is -0.332. The lowest BCUT2D eigenvalue weighted by molar-refractivity contribution is 0.0996. The number of nitrogens with one attached hydrogen (secondary N) is 3. The number of carbonyl (C=O) groups is 2. The Morgan fingerprint density at radius 1 is 1.03 bits per heavy atom. The number of amides is 3. The third-order valence-electron chi connectivity index (χ3n) is 4.24. The van der Waals surface area contributed by atoms with Gasteiger partial charge in [-0.3, -0.25) is 4.79 Å². The van der Waals surface area contributed by atoms with Crippen LogP contribution in [0.1, 0.15) is 28.6 Å². The van der Waals surface area contributed by atoms with E-state index in [4.69, 9.17) is 4.42 Å². The summed E-state index contributed by atoms with van der Waals surface area (Å²) < 4.78 is 5.07. The van der Waals surface area contributed by atoms with Crippen molar-refractivity contribution in [1.82, 2.24) is 10.6 Å². The van der Waals surface area contributed by atoms with E-state index < -0.39 is 0 Å². The Kier molecular flexibility index (Phi) is 6.52. The second-order valence-corrected chi connectivity index (χ2v) is 6.73. The number of anilines is 1. The van der Waals surface area contributed by atoms with Crippen LogP contribution >= 0.6 is 0 Å². The first kappa shape index (κ1) is 20.0. The van der Waals surface area contributed by atoms with Crippen molar-refractivity contribution in [3.63, 3.8) is 0 Å². The molecule has 0 fully saturated rings. The van der Waals surface area contributed by atoms with E-state index >= 15 is 0 Å². The highest BCUT2D eigenvalue weighted by Gasteiger charge is 2.10. The van der Waals surface area contributed by atoms with Gasteiger partial charge in [0.05, 0.1) is 6.26 Å². The van der Waals surface area contributed by atoms with Gasteiger partial charge in [0.25, 0.3) is 5.91 Å². The smallest absolute Gasteiger partial charge is 0.315 e. The van der Waals surface area contributed by atoms with Gasteiger partial charge in [-0.1, -0.05) is 24.3 Å². The quantitative estimate of drug-likeness (QED) is 0.492. The monoisotopic (exact) mass is 393 g/mol. The summed E-state index contributed by atoms with van der Waals surface area (Å²) in [6.07, 6.45) is 2.10. The van der Waals surface area contributed by atoms with E-state index in [0.717, 1.165) is 11.1 Å². The van der Waals surface area contributed by atoms with Crippen molar-refractivity contribution < 1.29 is 19.1 Å². The lowest BCUT2D eigenvalue weighted by atomic mass is 10.1. The van der Waals surface area contributed by atoms with Crippen molar-refractivity contribution in [1.29, 1.82) is 0 Å². The molecule has 0 aliphatic carbocycles. The van der Waals surface area contributed by atoms with Crippen LogP contribution < -0.4 is 16.0 Å². The summed E-state index contributed by atoms with van der Waals surface area (Å²) in [4.78, 5) is 24.2. The molecule has 29 heavy (non-hydrogen) atoms. The standard InChI is InChI=1S/C22H23N3O4/c1-15(12-16-7-9-19(26)10-8-16)24-22(28)23-14-17-4-2-5-18(13-17)25-21(27)20-6-3-11-29-20/h2-11,13,15,26H,12,14H2,1H3,(H,25,27)(H2,23,24,28). The van der Waals surface area contributed by atoms with Gasteiger partial charge in [-0.2, -0.15) is 0 Å². The number of aromatic hydroxyl groups is 1. The van der Waals surface area contributed by atoms with E-state index in [1.165, 1.54) is 6.26 Å². The normalized spacial score (nSPS) is 11.5. The van der Waals surface area contributed by atoms with E-state index in [-0.39, 0.29) is 29.5 Å². The number of phenolic OH excluding ortho intramolecular Hbond substituents is 1. The Labute approximate surface area is 168 Å². The van der Waals surface area contributed by atoms with Gasteiger partial charge in [-0.15, -0.1) is 0 Å². The number of urea groups is 1. The third-order valence-corrected chi connectivity index (χ3v) is 4.24. The predicted octanol–water partition coefficient (Wildman–Crippen LogP) is 3.67.